The molecule has 0 unspecified atom stereocenters. The van der Waals surface area contributed by atoms with Crippen LogP contribution in [-0.4, -0.2) is 45.8 Å². The van der Waals surface area contributed by atoms with Crippen molar-refractivity contribution >= 4 is 56.8 Å². The molecule has 4 aromatic carbocycles. The van der Waals surface area contributed by atoms with E-state index in [0.717, 1.165) is 10.6 Å². The van der Waals surface area contributed by atoms with Gasteiger partial charge in [-0.15, -0.1) is 0 Å². The van der Waals surface area contributed by atoms with Crippen LogP contribution in [0.5, 0.6) is 11.5 Å². The molecule has 0 spiro atoms. The van der Waals surface area contributed by atoms with Crippen LogP contribution in [0.4, 0.5) is 10.1 Å². The van der Waals surface area contributed by atoms with Crippen molar-refractivity contribution in [3.05, 3.63) is 135 Å². The molecule has 4 amide bonds. The smallest absolute Gasteiger partial charge is 0.260 e. The highest BCUT2D eigenvalue weighted by Crippen LogP contribution is 2.65. The summed E-state index contributed by atoms with van der Waals surface area (Å²) in [5.41, 5.74) is 3.86. The Labute approximate surface area is 312 Å². The fourth-order valence-electron chi connectivity index (χ4n) is 8.96. The summed E-state index contributed by atoms with van der Waals surface area (Å²) in [5.74, 6) is -6.46. The Morgan fingerprint density at radius 2 is 1.65 bits per heavy atom. The molecule has 6 atom stereocenters. The third-order valence-corrected chi connectivity index (χ3v) is 11.8. The summed E-state index contributed by atoms with van der Waals surface area (Å²) in [5, 5.41) is 13.2. The number of ether oxygens (including phenoxy) is 1. The second-order valence-corrected chi connectivity index (χ2v) is 15.0. The van der Waals surface area contributed by atoms with Crippen molar-refractivity contribution in [3.63, 3.8) is 0 Å². The van der Waals surface area contributed by atoms with E-state index in [4.69, 9.17) is 16.3 Å². The Balaban J connectivity index is 1.33. The van der Waals surface area contributed by atoms with Gasteiger partial charge in [0.15, 0.2) is 11.5 Å². The van der Waals surface area contributed by atoms with E-state index in [-0.39, 0.29) is 42.7 Å². The predicted molar refractivity (Wildman–Crippen MR) is 193 cm³/mol. The largest absolute Gasteiger partial charge is 0.504 e. The molecule has 12 heteroatoms. The van der Waals surface area contributed by atoms with Crippen LogP contribution in [0.25, 0.3) is 0 Å². The van der Waals surface area contributed by atoms with E-state index in [1.807, 2.05) is 36.4 Å². The van der Waals surface area contributed by atoms with Crippen molar-refractivity contribution in [1.82, 2.24) is 9.91 Å². The third-order valence-electron chi connectivity index (χ3n) is 11.1. The number of likely N-dealkylation sites (tertiary alicyclic amines) is 1. The molecule has 2 aliphatic carbocycles. The first kappa shape index (κ1) is 34.1. The highest BCUT2D eigenvalue weighted by Gasteiger charge is 2.70. The average molecular weight is 785 g/mol. The quantitative estimate of drug-likeness (QED) is 0.151. The van der Waals surface area contributed by atoms with E-state index in [1.54, 1.807) is 36.4 Å². The lowest BCUT2D eigenvalue weighted by molar-refractivity contribution is -0.142. The first-order valence-corrected chi connectivity index (χ1v) is 18.0. The zero-order valence-corrected chi connectivity index (χ0v) is 30.1. The number of aromatic hydroxyl groups is 1. The second-order valence-electron chi connectivity index (χ2n) is 13.7. The minimum atomic E-state index is -1.65. The minimum Gasteiger partial charge on any atom is -0.504 e. The lowest BCUT2D eigenvalue weighted by Crippen LogP contribution is -2.53. The lowest BCUT2D eigenvalue weighted by Gasteiger charge is -2.50. The van der Waals surface area contributed by atoms with Gasteiger partial charge in [0.25, 0.3) is 11.8 Å². The Hall–Kier alpha value is -5.00. The van der Waals surface area contributed by atoms with Gasteiger partial charge in [-0.3, -0.25) is 29.5 Å². The molecule has 0 bridgehead atoms. The van der Waals surface area contributed by atoms with E-state index in [0.29, 0.717) is 31.9 Å². The summed E-state index contributed by atoms with van der Waals surface area (Å²) < 4.78 is 20.0. The van der Waals surface area contributed by atoms with Crippen LogP contribution in [0.1, 0.15) is 35.4 Å². The van der Waals surface area contributed by atoms with Crippen LogP contribution in [0.3, 0.4) is 0 Å². The van der Waals surface area contributed by atoms with E-state index in [1.165, 1.54) is 36.3 Å². The molecule has 3 fully saturated rings. The molecular weight excluding hydrogens is 753 g/mol. The highest BCUT2D eigenvalue weighted by molar-refractivity contribution is 9.10. The molecular formula is C40H32BrClFN3O6. The molecule has 4 aromatic rings. The van der Waals surface area contributed by atoms with Gasteiger partial charge in [0.2, 0.25) is 11.8 Å². The maximum absolute atomic E-state index is 15.3. The number of hydrazine groups is 1. The number of nitrogens with one attached hydrogen (secondary N) is 1. The van der Waals surface area contributed by atoms with Crippen LogP contribution >= 0.6 is 27.5 Å². The van der Waals surface area contributed by atoms with E-state index < -0.39 is 52.6 Å². The Morgan fingerprint density at radius 1 is 0.942 bits per heavy atom. The molecule has 0 aromatic heterocycles. The molecule has 0 radical (unpaired) electrons. The summed E-state index contributed by atoms with van der Waals surface area (Å²) >= 11 is 9.91. The minimum absolute atomic E-state index is 0.0718. The molecule has 9 nitrogen and oxygen atoms in total. The van der Waals surface area contributed by atoms with Gasteiger partial charge in [-0.25, -0.2) is 4.39 Å². The van der Waals surface area contributed by atoms with Crippen molar-refractivity contribution in [1.29, 1.82) is 0 Å². The number of phenols is 1. The summed E-state index contributed by atoms with van der Waals surface area (Å²) in [7, 11) is 1.42. The zero-order valence-electron chi connectivity index (χ0n) is 27.8. The molecule has 2 aliphatic heterocycles. The summed E-state index contributed by atoms with van der Waals surface area (Å²) in [6.07, 6.45) is 2.22. The number of imide groups is 2. The Kier molecular flexibility index (Phi) is 8.46. The monoisotopic (exact) mass is 783 g/mol. The summed E-state index contributed by atoms with van der Waals surface area (Å²) in [6.45, 7) is 0.117. The molecule has 8 rings (SSSR count). The maximum atomic E-state index is 15.3. The lowest BCUT2D eigenvalue weighted by atomic mass is 9.49. The van der Waals surface area contributed by atoms with Gasteiger partial charge in [0.1, 0.15) is 5.82 Å². The number of anilines is 1. The Morgan fingerprint density at radius 3 is 2.35 bits per heavy atom. The van der Waals surface area contributed by atoms with Gasteiger partial charge in [0.05, 0.1) is 42.5 Å². The number of halogens is 3. The van der Waals surface area contributed by atoms with Crippen LogP contribution in [0.15, 0.2) is 107 Å². The van der Waals surface area contributed by atoms with Gasteiger partial charge in [-0.2, -0.15) is 5.01 Å². The topological polar surface area (TPSA) is 116 Å². The summed E-state index contributed by atoms with van der Waals surface area (Å²) in [6, 6.07) is 24.6. The Bertz CT molecular complexity index is 2160. The number of nitrogens with zero attached hydrogens (tertiary/aromatic N) is 2. The molecule has 2 saturated heterocycles. The van der Waals surface area contributed by atoms with Crippen LogP contribution in [-0.2, 0) is 31.1 Å². The van der Waals surface area contributed by atoms with E-state index >= 15 is 4.79 Å². The first-order valence-electron chi connectivity index (χ1n) is 16.9. The van der Waals surface area contributed by atoms with Crippen LogP contribution in [0, 0.1) is 29.5 Å². The first-order chi connectivity index (χ1) is 25.0. The highest BCUT2D eigenvalue weighted by atomic mass is 79.9. The fraction of sp³-hybridized carbons (Fsp3) is 0.250. The fourth-order valence-corrected chi connectivity index (χ4v) is 9.54. The van der Waals surface area contributed by atoms with Crippen molar-refractivity contribution in [2.75, 3.05) is 12.5 Å². The number of fused-ring (bicyclic) bond motifs is 4. The molecule has 2 N–H and O–H groups in total. The molecule has 264 valence electrons. The van der Waals surface area contributed by atoms with Crippen molar-refractivity contribution in [2.45, 2.75) is 30.7 Å². The predicted octanol–water partition coefficient (Wildman–Crippen LogP) is 7.14. The van der Waals surface area contributed by atoms with Gasteiger partial charge in [0, 0.05) is 21.0 Å². The normalized spacial score (nSPS) is 26.5. The molecule has 1 saturated carbocycles. The molecule has 4 aliphatic rings. The molecule has 2 heterocycles. The van der Waals surface area contributed by atoms with Gasteiger partial charge >= 0.3 is 0 Å². The standard InChI is InChI=1S/C40H32BrClFN3O6/c1-52-32-18-23(41)17-30(35(32)47)34-27-15-16-28-33(38(50)45(36(28)48)20-21-5-3-2-4-6-21)29(27)19-31-37(49)46(44-26-13-11-25(43)12-14-26)39(51)40(31,34)22-7-9-24(42)10-8-22/h2-15,17-18,28-29,31,33-34,44,47H,16,19-20H2,1H3/t28-,29+,31-,33-,34+,40+/m0/s1. The van der Waals surface area contributed by atoms with E-state index in [2.05, 4.69) is 21.4 Å². The number of carbonyl (C=O) groups is 4. The average Bonchev–Trinajstić information content (AvgIpc) is 3.51. The number of methoxy groups -OCH3 is 1. The van der Waals surface area contributed by atoms with Crippen LogP contribution < -0.4 is 10.2 Å². The van der Waals surface area contributed by atoms with Gasteiger partial charge < -0.3 is 9.84 Å². The second kappa shape index (κ2) is 12.9. The van der Waals surface area contributed by atoms with Gasteiger partial charge in [-0.05, 0) is 78.4 Å². The number of benzene rings is 4. The molecule has 52 heavy (non-hydrogen) atoms. The number of hydrogen-bond donors (Lipinski definition) is 2. The van der Waals surface area contributed by atoms with E-state index in [9.17, 15) is 23.9 Å². The number of amides is 4. The summed E-state index contributed by atoms with van der Waals surface area (Å²) in [4.78, 5) is 59.7. The number of phenolic OH excluding ortho intramolecular Hbond substituents is 1. The van der Waals surface area contributed by atoms with Crippen molar-refractivity contribution in [3.8, 4) is 11.5 Å². The number of carbonyl (C=O) groups excluding carboxylic acids is 4. The van der Waals surface area contributed by atoms with Crippen molar-refractivity contribution in [2.24, 2.45) is 23.7 Å². The van der Waals surface area contributed by atoms with Crippen LogP contribution in [0.2, 0.25) is 5.02 Å². The third kappa shape index (κ3) is 5.16. The van der Waals surface area contributed by atoms with Gasteiger partial charge in [-0.1, -0.05) is 81.6 Å². The van der Waals surface area contributed by atoms with Crippen molar-refractivity contribution < 1.29 is 33.4 Å². The maximum Gasteiger partial charge on any atom is 0.260 e. The number of allylic oxidation sites excluding steroid dienone is 2. The number of hydrogen-bond acceptors (Lipinski definition) is 7. The SMILES string of the molecule is COc1cc(Br)cc([C@H]2C3=CC[C@@H]4C(=O)N(Cc5ccccc5)C(=O)[C@@H]4[C@@H]3C[C@H]3C(=O)N(Nc4ccc(F)cc4)C(=O)[C@@]23c2ccc(Cl)cc2)c1O. The zero-order chi connectivity index (χ0) is 36.5. The number of rotatable bonds is 7.